The summed E-state index contributed by atoms with van der Waals surface area (Å²) in [6.45, 7) is 8.78. The van der Waals surface area contributed by atoms with Crippen molar-refractivity contribution in [2.24, 2.45) is 0 Å². The first kappa shape index (κ1) is 17.0. The van der Waals surface area contributed by atoms with Gasteiger partial charge in [0.1, 0.15) is 0 Å². The summed E-state index contributed by atoms with van der Waals surface area (Å²) in [5, 5.41) is 3.08. The third-order valence-corrected chi connectivity index (χ3v) is 4.24. The molecule has 1 amide bonds. The van der Waals surface area contributed by atoms with Crippen LogP contribution in [0.25, 0.3) is 0 Å². The summed E-state index contributed by atoms with van der Waals surface area (Å²) in [5.74, 6) is 0.0626. The van der Waals surface area contributed by atoms with Crippen LogP contribution in [0.2, 0.25) is 0 Å². The lowest BCUT2D eigenvalue weighted by Crippen LogP contribution is -2.41. The number of nitrogens with zero attached hydrogens (tertiary/aromatic N) is 1. The zero-order valence-corrected chi connectivity index (χ0v) is 14.2. The molecule has 0 aromatic heterocycles. The van der Waals surface area contributed by atoms with E-state index in [1.807, 2.05) is 18.2 Å². The predicted octanol–water partition coefficient (Wildman–Crippen LogP) is 3.03. The lowest BCUT2D eigenvalue weighted by Gasteiger charge is -2.30. The van der Waals surface area contributed by atoms with Crippen LogP contribution in [0.5, 0.6) is 0 Å². The van der Waals surface area contributed by atoms with E-state index in [1.54, 1.807) is 7.11 Å². The maximum Gasteiger partial charge on any atom is 0.238 e. The monoisotopic (exact) mass is 304 g/mol. The lowest BCUT2D eigenvalue weighted by atomic mass is 9.86. The highest BCUT2D eigenvalue weighted by Crippen LogP contribution is 2.29. The molecule has 0 aliphatic carbocycles. The molecule has 1 N–H and O–H groups in total. The number of carbonyl (C=O) groups is 1. The fourth-order valence-corrected chi connectivity index (χ4v) is 2.94. The lowest BCUT2D eigenvalue weighted by molar-refractivity contribution is -0.117. The van der Waals surface area contributed by atoms with Crippen LogP contribution in [-0.2, 0) is 14.9 Å². The second kappa shape index (κ2) is 7.25. The highest BCUT2D eigenvalue weighted by atomic mass is 16.5. The average molecular weight is 304 g/mol. The van der Waals surface area contributed by atoms with Crippen molar-refractivity contribution in [2.75, 3.05) is 32.1 Å². The number of benzene rings is 1. The summed E-state index contributed by atoms with van der Waals surface area (Å²) >= 11 is 0. The molecular weight excluding hydrogens is 276 g/mol. The van der Waals surface area contributed by atoms with Gasteiger partial charge in [0.25, 0.3) is 0 Å². The Morgan fingerprint density at radius 3 is 2.50 bits per heavy atom. The van der Waals surface area contributed by atoms with E-state index in [1.165, 1.54) is 5.56 Å². The number of anilines is 1. The molecule has 0 atom stereocenters. The molecule has 1 aromatic rings. The van der Waals surface area contributed by atoms with Crippen LogP contribution in [0.3, 0.4) is 0 Å². The number of nitrogens with one attached hydrogen (secondary N) is 1. The smallest absolute Gasteiger partial charge is 0.238 e. The summed E-state index contributed by atoms with van der Waals surface area (Å²) in [4.78, 5) is 14.5. The van der Waals surface area contributed by atoms with Gasteiger partial charge in [-0.15, -0.1) is 0 Å². The van der Waals surface area contributed by atoms with Crippen molar-refractivity contribution >= 4 is 11.6 Å². The Labute approximate surface area is 133 Å². The molecule has 2 rings (SSSR count). The number of hydrogen-bond acceptors (Lipinski definition) is 3. The predicted molar refractivity (Wildman–Crippen MR) is 90.2 cm³/mol. The Morgan fingerprint density at radius 2 is 1.91 bits per heavy atom. The first-order chi connectivity index (χ1) is 10.4. The number of amides is 1. The molecule has 0 spiro atoms. The van der Waals surface area contributed by atoms with E-state index < -0.39 is 0 Å². The largest absolute Gasteiger partial charge is 0.381 e. The van der Waals surface area contributed by atoms with Gasteiger partial charge in [0, 0.05) is 25.9 Å². The van der Waals surface area contributed by atoms with Crippen LogP contribution < -0.4 is 5.32 Å². The van der Waals surface area contributed by atoms with Gasteiger partial charge in [0.15, 0.2) is 0 Å². The Hall–Kier alpha value is -1.39. The molecule has 0 unspecified atom stereocenters. The molecule has 1 aromatic carbocycles. The summed E-state index contributed by atoms with van der Waals surface area (Å²) in [7, 11) is 1.76. The fourth-order valence-electron chi connectivity index (χ4n) is 2.94. The Balaban J connectivity index is 1.93. The molecule has 4 heteroatoms. The van der Waals surface area contributed by atoms with E-state index in [4.69, 9.17) is 4.74 Å². The van der Waals surface area contributed by atoms with Crippen LogP contribution in [0, 0.1) is 0 Å². The maximum atomic E-state index is 12.3. The molecule has 1 heterocycles. The number of piperidine rings is 1. The summed E-state index contributed by atoms with van der Waals surface area (Å²) in [6.07, 6.45) is 2.35. The third kappa shape index (κ3) is 4.55. The second-order valence-electron chi connectivity index (χ2n) is 7.05. The Bertz CT molecular complexity index is 500. The van der Waals surface area contributed by atoms with Crippen molar-refractivity contribution in [3.05, 3.63) is 29.8 Å². The molecule has 1 fully saturated rings. The van der Waals surface area contributed by atoms with Crippen molar-refractivity contribution in [1.29, 1.82) is 0 Å². The van der Waals surface area contributed by atoms with E-state index in [0.29, 0.717) is 12.6 Å². The van der Waals surface area contributed by atoms with Gasteiger partial charge in [-0.05, 0) is 29.9 Å². The summed E-state index contributed by atoms with van der Waals surface area (Å²) in [5.41, 5.74) is 2.11. The molecule has 0 saturated carbocycles. The van der Waals surface area contributed by atoms with Crippen LogP contribution in [0.1, 0.15) is 39.2 Å². The molecule has 1 aliphatic heterocycles. The molecule has 0 bridgehead atoms. The zero-order chi connectivity index (χ0) is 16.2. The van der Waals surface area contributed by atoms with Crippen molar-refractivity contribution in [3.8, 4) is 0 Å². The fraction of sp³-hybridized carbons (Fsp3) is 0.611. The van der Waals surface area contributed by atoms with Gasteiger partial charge < -0.3 is 10.1 Å². The number of carbonyl (C=O) groups excluding carboxylic acids is 1. The minimum atomic E-state index is 0.0146. The van der Waals surface area contributed by atoms with Crippen molar-refractivity contribution in [3.63, 3.8) is 0 Å². The van der Waals surface area contributed by atoms with Crippen LogP contribution in [-0.4, -0.2) is 43.7 Å². The average Bonchev–Trinajstić information content (AvgIpc) is 2.47. The van der Waals surface area contributed by atoms with Crippen molar-refractivity contribution in [2.45, 2.75) is 45.1 Å². The highest BCUT2D eigenvalue weighted by molar-refractivity contribution is 5.93. The Morgan fingerprint density at radius 1 is 1.27 bits per heavy atom. The highest BCUT2D eigenvalue weighted by Gasteiger charge is 2.22. The second-order valence-corrected chi connectivity index (χ2v) is 7.05. The Kier molecular flexibility index (Phi) is 5.59. The van der Waals surface area contributed by atoms with E-state index in [0.717, 1.165) is 31.6 Å². The van der Waals surface area contributed by atoms with Gasteiger partial charge in [-0.3, -0.25) is 9.69 Å². The topological polar surface area (TPSA) is 41.6 Å². The van der Waals surface area contributed by atoms with Crippen LogP contribution >= 0.6 is 0 Å². The van der Waals surface area contributed by atoms with E-state index >= 15 is 0 Å². The van der Waals surface area contributed by atoms with Gasteiger partial charge in [0.05, 0.1) is 12.6 Å². The quantitative estimate of drug-likeness (QED) is 0.929. The van der Waals surface area contributed by atoms with Gasteiger partial charge in [-0.25, -0.2) is 0 Å². The van der Waals surface area contributed by atoms with Gasteiger partial charge in [0.2, 0.25) is 5.91 Å². The SMILES string of the molecule is COC1CCN(CC(=O)Nc2ccccc2C(C)(C)C)CC1. The first-order valence-electron chi connectivity index (χ1n) is 8.04. The van der Waals surface area contributed by atoms with E-state index in [-0.39, 0.29) is 11.3 Å². The van der Waals surface area contributed by atoms with Crippen LogP contribution in [0.4, 0.5) is 5.69 Å². The number of likely N-dealkylation sites (tertiary alicyclic amines) is 1. The first-order valence-corrected chi connectivity index (χ1v) is 8.04. The van der Waals surface area contributed by atoms with E-state index in [2.05, 4.69) is 37.1 Å². The van der Waals surface area contributed by atoms with Crippen molar-refractivity contribution in [1.82, 2.24) is 4.90 Å². The van der Waals surface area contributed by atoms with Gasteiger partial charge >= 0.3 is 0 Å². The standard InChI is InChI=1S/C18H28N2O2/c1-18(2,3)15-7-5-6-8-16(15)19-17(21)13-20-11-9-14(22-4)10-12-20/h5-8,14H,9-13H2,1-4H3,(H,19,21). The summed E-state index contributed by atoms with van der Waals surface area (Å²) in [6, 6.07) is 8.05. The minimum absolute atomic E-state index is 0.0146. The third-order valence-electron chi connectivity index (χ3n) is 4.24. The number of methoxy groups -OCH3 is 1. The molecule has 4 nitrogen and oxygen atoms in total. The van der Waals surface area contributed by atoms with Gasteiger partial charge in [-0.1, -0.05) is 39.0 Å². The van der Waals surface area contributed by atoms with Crippen molar-refractivity contribution < 1.29 is 9.53 Å². The number of para-hydroxylation sites is 1. The zero-order valence-electron chi connectivity index (χ0n) is 14.2. The molecule has 0 radical (unpaired) electrons. The number of ether oxygens (including phenoxy) is 1. The van der Waals surface area contributed by atoms with E-state index in [9.17, 15) is 4.79 Å². The normalized spacial score (nSPS) is 17.5. The molecule has 1 saturated heterocycles. The number of hydrogen-bond donors (Lipinski definition) is 1. The molecule has 122 valence electrons. The van der Waals surface area contributed by atoms with Gasteiger partial charge in [-0.2, -0.15) is 0 Å². The maximum absolute atomic E-state index is 12.3. The minimum Gasteiger partial charge on any atom is -0.381 e. The molecule has 1 aliphatic rings. The molecular formula is C18H28N2O2. The number of rotatable bonds is 4. The summed E-state index contributed by atoms with van der Waals surface area (Å²) < 4.78 is 5.37. The molecule has 22 heavy (non-hydrogen) atoms. The van der Waals surface area contributed by atoms with Crippen LogP contribution in [0.15, 0.2) is 24.3 Å².